The summed E-state index contributed by atoms with van der Waals surface area (Å²) < 4.78 is 11.5. The number of hydrogen-bond donors (Lipinski definition) is 0. The summed E-state index contributed by atoms with van der Waals surface area (Å²) in [5, 5.41) is 8.28. The second-order valence-corrected chi connectivity index (χ2v) is 8.07. The van der Waals surface area contributed by atoms with E-state index in [-0.39, 0.29) is 0 Å². The van der Waals surface area contributed by atoms with Crippen LogP contribution in [0.15, 0.2) is 36.5 Å². The molecule has 1 aromatic carbocycles. The summed E-state index contributed by atoms with van der Waals surface area (Å²) in [4.78, 5) is 5.06. The summed E-state index contributed by atoms with van der Waals surface area (Å²) in [5.74, 6) is 3.56. The lowest BCUT2D eigenvalue weighted by Crippen LogP contribution is -2.39. The minimum atomic E-state index is 0.508. The molecule has 2 saturated heterocycles. The fourth-order valence-electron chi connectivity index (χ4n) is 4.83. The molecule has 1 atom stereocenters. The number of hydrogen-bond acceptors (Lipinski definition) is 6. The number of rotatable bonds is 4. The Hall–Kier alpha value is -2.34. The highest BCUT2D eigenvalue weighted by Gasteiger charge is 2.30. The Bertz CT molecular complexity index is 792. The molecular formula is C22H28N4O2. The molecule has 4 heterocycles. The third kappa shape index (κ3) is 3.65. The van der Waals surface area contributed by atoms with Crippen LogP contribution in [-0.2, 0) is 0 Å². The number of likely N-dealkylation sites (tertiary alicyclic amines) is 1. The summed E-state index contributed by atoms with van der Waals surface area (Å²) in [6.45, 7) is 5.83. The second kappa shape index (κ2) is 7.95. The van der Waals surface area contributed by atoms with Gasteiger partial charge in [0.1, 0.15) is 13.2 Å². The standard InChI is InChI=1S/C22H28N4O2/c1-4-22(24-23-9-1)25-11-7-17(8-12-25)16-26-10-2-3-19(26)18-5-6-20-21(15-18)28-14-13-27-20/h1,4-6,9,15,17,19H,2-3,7-8,10-14,16H2/t19-/m1/s1. The van der Waals surface area contributed by atoms with Gasteiger partial charge in [-0.3, -0.25) is 4.90 Å². The molecule has 0 radical (unpaired) electrons. The normalized spacial score (nSPS) is 23.1. The summed E-state index contributed by atoms with van der Waals surface area (Å²) in [6.07, 6.45) is 6.69. The van der Waals surface area contributed by atoms with Crippen molar-refractivity contribution in [3.8, 4) is 11.5 Å². The van der Waals surface area contributed by atoms with Gasteiger partial charge in [0.05, 0.1) is 0 Å². The van der Waals surface area contributed by atoms with Gasteiger partial charge in [-0.15, -0.1) is 5.10 Å². The first-order valence-corrected chi connectivity index (χ1v) is 10.5. The number of benzene rings is 1. The van der Waals surface area contributed by atoms with E-state index in [9.17, 15) is 0 Å². The van der Waals surface area contributed by atoms with Crippen LogP contribution < -0.4 is 14.4 Å². The Morgan fingerprint density at radius 3 is 2.64 bits per heavy atom. The van der Waals surface area contributed by atoms with E-state index in [1.54, 1.807) is 6.20 Å². The van der Waals surface area contributed by atoms with Crippen molar-refractivity contribution in [2.45, 2.75) is 31.7 Å². The van der Waals surface area contributed by atoms with Gasteiger partial charge in [0, 0.05) is 31.9 Å². The molecule has 0 bridgehead atoms. The molecule has 6 nitrogen and oxygen atoms in total. The SMILES string of the molecule is c1cnnc(N2CCC(CN3CCC[C@@H]3c3ccc4c(c3)OCCO4)CC2)c1. The Labute approximate surface area is 166 Å². The van der Waals surface area contributed by atoms with Gasteiger partial charge in [-0.1, -0.05) is 6.07 Å². The molecule has 28 heavy (non-hydrogen) atoms. The number of nitrogens with zero attached hydrogens (tertiary/aromatic N) is 4. The summed E-state index contributed by atoms with van der Waals surface area (Å²) in [7, 11) is 0. The zero-order chi connectivity index (χ0) is 18.8. The van der Waals surface area contributed by atoms with Crippen molar-refractivity contribution >= 4 is 5.82 Å². The van der Waals surface area contributed by atoms with E-state index >= 15 is 0 Å². The van der Waals surface area contributed by atoms with Gasteiger partial charge in [0.2, 0.25) is 0 Å². The summed E-state index contributed by atoms with van der Waals surface area (Å²) in [6, 6.07) is 11.1. The molecule has 0 N–H and O–H groups in total. The third-order valence-electron chi connectivity index (χ3n) is 6.30. The molecule has 3 aliphatic rings. The van der Waals surface area contributed by atoms with Crippen LogP contribution in [0.2, 0.25) is 0 Å². The van der Waals surface area contributed by atoms with Gasteiger partial charge in [-0.05, 0) is 68.0 Å². The molecule has 5 rings (SSSR count). The molecule has 6 heteroatoms. The van der Waals surface area contributed by atoms with Crippen molar-refractivity contribution in [2.75, 3.05) is 44.3 Å². The number of anilines is 1. The van der Waals surface area contributed by atoms with Crippen molar-refractivity contribution in [1.82, 2.24) is 15.1 Å². The molecule has 1 aromatic heterocycles. The maximum absolute atomic E-state index is 5.80. The lowest BCUT2D eigenvalue weighted by molar-refractivity contribution is 0.169. The van der Waals surface area contributed by atoms with Crippen LogP contribution in [0.3, 0.4) is 0 Å². The summed E-state index contributed by atoms with van der Waals surface area (Å²) >= 11 is 0. The third-order valence-corrected chi connectivity index (χ3v) is 6.30. The Morgan fingerprint density at radius 2 is 1.82 bits per heavy atom. The van der Waals surface area contributed by atoms with Gasteiger partial charge in [-0.25, -0.2) is 0 Å². The van der Waals surface area contributed by atoms with Crippen LogP contribution in [0.1, 0.15) is 37.3 Å². The second-order valence-electron chi connectivity index (χ2n) is 8.07. The molecule has 0 amide bonds. The zero-order valence-corrected chi connectivity index (χ0v) is 16.3. The van der Waals surface area contributed by atoms with Crippen molar-refractivity contribution in [3.05, 3.63) is 42.1 Å². The van der Waals surface area contributed by atoms with Crippen LogP contribution in [0.5, 0.6) is 11.5 Å². The average Bonchev–Trinajstić information content (AvgIpc) is 3.23. The lowest BCUT2D eigenvalue weighted by Gasteiger charge is -2.36. The number of fused-ring (bicyclic) bond motifs is 1. The first-order valence-electron chi connectivity index (χ1n) is 10.5. The van der Waals surface area contributed by atoms with E-state index in [1.807, 2.05) is 6.07 Å². The van der Waals surface area contributed by atoms with Crippen LogP contribution in [0, 0.1) is 5.92 Å². The molecule has 2 aromatic rings. The van der Waals surface area contributed by atoms with E-state index in [1.165, 1.54) is 44.3 Å². The van der Waals surface area contributed by atoms with Gasteiger partial charge in [-0.2, -0.15) is 5.10 Å². The largest absolute Gasteiger partial charge is 0.486 e. The first-order chi connectivity index (χ1) is 13.9. The molecule has 0 spiro atoms. The predicted octanol–water partition coefficient (Wildman–Crippen LogP) is 3.30. The Balaban J connectivity index is 1.21. The van der Waals surface area contributed by atoms with Crippen LogP contribution in [0.4, 0.5) is 5.82 Å². The Kier molecular flexibility index (Phi) is 5.04. The van der Waals surface area contributed by atoms with Gasteiger partial charge < -0.3 is 14.4 Å². The molecule has 2 fully saturated rings. The quantitative estimate of drug-likeness (QED) is 0.811. The highest BCUT2D eigenvalue weighted by Crippen LogP contribution is 2.39. The molecule has 0 aliphatic carbocycles. The first kappa shape index (κ1) is 17.7. The van der Waals surface area contributed by atoms with Gasteiger partial charge in [0.15, 0.2) is 17.3 Å². The molecule has 0 saturated carbocycles. The zero-order valence-electron chi connectivity index (χ0n) is 16.3. The average molecular weight is 380 g/mol. The Morgan fingerprint density at radius 1 is 0.964 bits per heavy atom. The molecular weight excluding hydrogens is 352 g/mol. The minimum absolute atomic E-state index is 0.508. The molecule has 148 valence electrons. The van der Waals surface area contributed by atoms with Crippen LogP contribution in [0.25, 0.3) is 0 Å². The fourth-order valence-corrected chi connectivity index (χ4v) is 4.83. The van der Waals surface area contributed by atoms with E-state index in [2.05, 4.69) is 44.3 Å². The minimum Gasteiger partial charge on any atom is -0.486 e. The van der Waals surface area contributed by atoms with E-state index in [4.69, 9.17) is 9.47 Å². The van der Waals surface area contributed by atoms with Crippen molar-refractivity contribution < 1.29 is 9.47 Å². The molecule has 3 aliphatic heterocycles. The van der Waals surface area contributed by atoms with E-state index in [0.29, 0.717) is 19.3 Å². The van der Waals surface area contributed by atoms with E-state index in [0.717, 1.165) is 36.3 Å². The van der Waals surface area contributed by atoms with Crippen molar-refractivity contribution in [1.29, 1.82) is 0 Å². The van der Waals surface area contributed by atoms with Crippen LogP contribution in [-0.4, -0.2) is 54.5 Å². The monoisotopic (exact) mass is 380 g/mol. The van der Waals surface area contributed by atoms with Crippen molar-refractivity contribution in [2.24, 2.45) is 5.92 Å². The highest BCUT2D eigenvalue weighted by molar-refractivity contribution is 5.45. The van der Waals surface area contributed by atoms with Gasteiger partial charge >= 0.3 is 0 Å². The number of piperidine rings is 1. The maximum Gasteiger partial charge on any atom is 0.161 e. The smallest absolute Gasteiger partial charge is 0.161 e. The number of ether oxygens (including phenoxy) is 2. The van der Waals surface area contributed by atoms with Crippen LogP contribution >= 0.6 is 0 Å². The van der Waals surface area contributed by atoms with E-state index < -0.39 is 0 Å². The molecule has 0 unspecified atom stereocenters. The summed E-state index contributed by atoms with van der Waals surface area (Å²) in [5.41, 5.74) is 1.37. The highest BCUT2D eigenvalue weighted by atomic mass is 16.6. The van der Waals surface area contributed by atoms with Crippen molar-refractivity contribution in [3.63, 3.8) is 0 Å². The van der Waals surface area contributed by atoms with Gasteiger partial charge in [0.25, 0.3) is 0 Å². The number of aromatic nitrogens is 2. The lowest BCUT2D eigenvalue weighted by atomic mass is 9.95. The topological polar surface area (TPSA) is 50.7 Å². The predicted molar refractivity (Wildman–Crippen MR) is 108 cm³/mol. The maximum atomic E-state index is 5.80. The fraction of sp³-hybridized carbons (Fsp3) is 0.545.